The minimum Gasteiger partial charge on any atom is -0.497 e. The second kappa shape index (κ2) is 8.36. The number of nitrogens with two attached hydrogens (primary N) is 1. The monoisotopic (exact) mass is 413 g/mol. The van der Waals surface area contributed by atoms with Gasteiger partial charge in [-0.2, -0.15) is 5.10 Å². The first kappa shape index (κ1) is 20.2. The van der Waals surface area contributed by atoms with E-state index >= 15 is 0 Å². The summed E-state index contributed by atoms with van der Waals surface area (Å²) in [4.78, 5) is 12.6. The van der Waals surface area contributed by atoms with E-state index in [0.29, 0.717) is 28.3 Å². The number of ether oxygens (including phenoxy) is 2. The topological polar surface area (TPSA) is 79.4 Å². The molecule has 0 amide bonds. The number of aryl methyl sites for hydroxylation is 1. The minimum atomic E-state index is -0.450. The van der Waals surface area contributed by atoms with Crippen molar-refractivity contribution in [1.82, 2.24) is 9.78 Å². The van der Waals surface area contributed by atoms with Crippen LogP contribution in [0.25, 0.3) is 16.9 Å². The molecular formula is C25H23N3O3. The SMILES string of the molecule is COc1ccc(C(=O)Oc2c(C)cc(-c3ccn(-c4ccccc4)n3)c(N)c2C)cc1. The number of carbonyl (C=O) groups excluding carboxylic acids is 1. The van der Waals surface area contributed by atoms with Crippen LogP contribution in [0.5, 0.6) is 11.5 Å². The lowest BCUT2D eigenvalue weighted by atomic mass is 10.0. The summed E-state index contributed by atoms with van der Waals surface area (Å²) in [6, 6.07) is 20.4. The fraction of sp³-hybridized carbons (Fsp3) is 0.120. The van der Waals surface area contributed by atoms with Gasteiger partial charge in [-0.25, -0.2) is 9.48 Å². The zero-order valence-corrected chi connectivity index (χ0v) is 17.6. The molecule has 0 saturated heterocycles. The van der Waals surface area contributed by atoms with Crippen LogP contribution in [-0.2, 0) is 0 Å². The predicted molar refractivity (Wildman–Crippen MR) is 121 cm³/mol. The van der Waals surface area contributed by atoms with Crippen LogP contribution in [0.2, 0.25) is 0 Å². The van der Waals surface area contributed by atoms with Gasteiger partial charge in [-0.1, -0.05) is 18.2 Å². The molecule has 4 aromatic rings. The fourth-order valence-electron chi connectivity index (χ4n) is 3.42. The Kier molecular flexibility index (Phi) is 5.45. The van der Waals surface area contributed by atoms with E-state index in [4.69, 9.17) is 15.2 Å². The molecule has 0 atom stereocenters. The number of rotatable bonds is 5. The summed E-state index contributed by atoms with van der Waals surface area (Å²) in [5.74, 6) is 0.686. The molecule has 0 aliphatic carbocycles. The van der Waals surface area contributed by atoms with Crippen molar-refractivity contribution in [3.8, 4) is 28.4 Å². The Labute approximate surface area is 180 Å². The number of aromatic nitrogens is 2. The maximum absolute atomic E-state index is 12.6. The molecule has 1 heterocycles. The second-order valence-electron chi connectivity index (χ2n) is 7.21. The number of hydrogen-bond acceptors (Lipinski definition) is 5. The minimum absolute atomic E-state index is 0.434. The van der Waals surface area contributed by atoms with Crippen LogP contribution in [0.3, 0.4) is 0 Å². The van der Waals surface area contributed by atoms with Crippen LogP contribution in [0.15, 0.2) is 72.9 Å². The molecule has 0 aliphatic heterocycles. The Hall–Kier alpha value is -4.06. The number of nitrogens with zero attached hydrogens (tertiary/aromatic N) is 2. The third-order valence-corrected chi connectivity index (χ3v) is 5.16. The van der Waals surface area contributed by atoms with Gasteiger partial charge in [0, 0.05) is 23.0 Å². The van der Waals surface area contributed by atoms with Gasteiger partial charge in [0.05, 0.1) is 24.1 Å². The summed E-state index contributed by atoms with van der Waals surface area (Å²) in [5.41, 5.74) is 11.4. The Morgan fingerprint density at radius 2 is 1.71 bits per heavy atom. The highest BCUT2D eigenvalue weighted by molar-refractivity contribution is 5.92. The maximum Gasteiger partial charge on any atom is 0.343 e. The van der Waals surface area contributed by atoms with E-state index in [1.54, 1.807) is 36.1 Å². The van der Waals surface area contributed by atoms with Crippen molar-refractivity contribution in [2.45, 2.75) is 13.8 Å². The smallest absolute Gasteiger partial charge is 0.343 e. The van der Waals surface area contributed by atoms with E-state index in [1.165, 1.54) is 0 Å². The van der Waals surface area contributed by atoms with E-state index in [9.17, 15) is 4.79 Å². The lowest BCUT2D eigenvalue weighted by Gasteiger charge is -2.15. The molecule has 4 rings (SSSR count). The number of esters is 1. The van der Waals surface area contributed by atoms with E-state index < -0.39 is 5.97 Å². The quantitative estimate of drug-likeness (QED) is 0.284. The summed E-state index contributed by atoms with van der Waals surface area (Å²) in [6.07, 6.45) is 1.90. The van der Waals surface area contributed by atoms with Crippen LogP contribution >= 0.6 is 0 Å². The molecule has 0 bridgehead atoms. The average Bonchev–Trinajstić information content (AvgIpc) is 3.29. The Bertz CT molecular complexity index is 1230. The van der Waals surface area contributed by atoms with Crippen molar-refractivity contribution in [3.05, 3.63) is 89.6 Å². The molecule has 0 fully saturated rings. The Balaban J connectivity index is 1.63. The summed E-state index contributed by atoms with van der Waals surface area (Å²) in [5, 5.41) is 4.67. The first-order chi connectivity index (χ1) is 15.0. The van der Waals surface area contributed by atoms with Crippen LogP contribution in [0.1, 0.15) is 21.5 Å². The molecule has 3 aromatic carbocycles. The average molecular weight is 413 g/mol. The Morgan fingerprint density at radius 1 is 1.00 bits per heavy atom. The van der Waals surface area contributed by atoms with Gasteiger partial charge >= 0.3 is 5.97 Å². The lowest BCUT2D eigenvalue weighted by Crippen LogP contribution is -2.11. The third kappa shape index (κ3) is 4.00. The van der Waals surface area contributed by atoms with Crippen molar-refractivity contribution in [2.24, 2.45) is 0 Å². The molecule has 0 saturated carbocycles. The van der Waals surface area contributed by atoms with Crippen molar-refractivity contribution >= 4 is 11.7 Å². The van der Waals surface area contributed by atoms with E-state index in [1.807, 2.05) is 62.5 Å². The van der Waals surface area contributed by atoms with Gasteiger partial charge in [-0.15, -0.1) is 0 Å². The van der Waals surface area contributed by atoms with Crippen LogP contribution < -0.4 is 15.2 Å². The van der Waals surface area contributed by atoms with E-state index in [-0.39, 0.29) is 0 Å². The van der Waals surface area contributed by atoms with Crippen molar-refractivity contribution in [3.63, 3.8) is 0 Å². The number of para-hydroxylation sites is 1. The van der Waals surface area contributed by atoms with E-state index in [2.05, 4.69) is 5.10 Å². The van der Waals surface area contributed by atoms with Crippen LogP contribution in [0.4, 0.5) is 5.69 Å². The zero-order valence-electron chi connectivity index (χ0n) is 17.6. The molecule has 6 nitrogen and oxygen atoms in total. The maximum atomic E-state index is 12.6. The summed E-state index contributed by atoms with van der Waals surface area (Å²) in [6.45, 7) is 3.73. The fourth-order valence-corrected chi connectivity index (χ4v) is 3.42. The first-order valence-electron chi connectivity index (χ1n) is 9.85. The number of benzene rings is 3. The standard InChI is InChI=1S/C25H23N3O3/c1-16-15-21(22-13-14-28(27-22)19-7-5-4-6-8-19)23(26)17(2)24(16)31-25(29)18-9-11-20(30-3)12-10-18/h4-15H,26H2,1-3H3. The molecule has 6 heteroatoms. The number of carbonyl (C=O) groups is 1. The molecule has 31 heavy (non-hydrogen) atoms. The van der Waals surface area contributed by atoms with Crippen LogP contribution in [-0.4, -0.2) is 22.9 Å². The zero-order chi connectivity index (χ0) is 22.0. The van der Waals surface area contributed by atoms with Crippen molar-refractivity contribution < 1.29 is 14.3 Å². The van der Waals surface area contributed by atoms with Crippen molar-refractivity contribution in [2.75, 3.05) is 12.8 Å². The number of nitrogen functional groups attached to an aromatic ring is 1. The molecule has 1 aromatic heterocycles. The van der Waals surface area contributed by atoms with Crippen LogP contribution in [0, 0.1) is 13.8 Å². The van der Waals surface area contributed by atoms with Gasteiger partial charge < -0.3 is 15.2 Å². The van der Waals surface area contributed by atoms with E-state index in [0.717, 1.165) is 22.5 Å². The van der Waals surface area contributed by atoms with Gasteiger partial charge in [0.15, 0.2) is 0 Å². The number of anilines is 1. The molecule has 0 aliphatic rings. The first-order valence-corrected chi connectivity index (χ1v) is 9.85. The predicted octanol–water partition coefficient (Wildman–Crippen LogP) is 4.97. The lowest BCUT2D eigenvalue weighted by molar-refractivity contribution is 0.0732. The highest BCUT2D eigenvalue weighted by Crippen LogP contribution is 2.36. The summed E-state index contributed by atoms with van der Waals surface area (Å²) in [7, 11) is 1.58. The normalized spacial score (nSPS) is 10.7. The molecular weight excluding hydrogens is 390 g/mol. The third-order valence-electron chi connectivity index (χ3n) is 5.16. The van der Waals surface area contributed by atoms with Gasteiger partial charge in [0.25, 0.3) is 0 Å². The largest absolute Gasteiger partial charge is 0.497 e. The Morgan fingerprint density at radius 3 is 2.39 bits per heavy atom. The highest BCUT2D eigenvalue weighted by atomic mass is 16.5. The summed E-state index contributed by atoms with van der Waals surface area (Å²) < 4.78 is 12.6. The second-order valence-corrected chi connectivity index (χ2v) is 7.21. The molecule has 0 radical (unpaired) electrons. The molecule has 0 spiro atoms. The molecule has 156 valence electrons. The summed E-state index contributed by atoms with van der Waals surface area (Å²) >= 11 is 0. The van der Waals surface area contributed by atoms with Crippen molar-refractivity contribution in [1.29, 1.82) is 0 Å². The highest BCUT2D eigenvalue weighted by Gasteiger charge is 2.18. The van der Waals surface area contributed by atoms with Gasteiger partial charge in [-0.3, -0.25) is 0 Å². The number of hydrogen-bond donors (Lipinski definition) is 1. The van der Waals surface area contributed by atoms with Gasteiger partial charge in [0.2, 0.25) is 0 Å². The van der Waals surface area contributed by atoms with Gasteiger partial charge in [0.1, 0.15) is 11.5 Å². The molecule has 0 unspecified atom stereocenters. The molecule has 2 N–H and O–H groups in total. The van der Waals surface area contributed by atoms with Gasteiger partial charge in [-0.05, 0) is 67.9 Å². The number of methoxy groups -OCH3 is 1.